The molecule has 0 aromatic heterocycles. The maximum absolute atomic E-state index is 5.01. The molecule has 2 nitrogen and oxygen atoms in total. The van der Waals surface area contributed by atoms with Crippen LogP contribution in [0.3, 0.4) is 0 Å². The van der Waals surface area contributed by atoms with Crippen molar-refractivity contribution in [2.75, 3.05) is 20.3 Å². The van der Waals surface area contributed by atoms with Gasteiger partial charge in [0.2, 0.25) is 0 Å². The molecule has 0 aliphatic rings. The van der Waals surface area contributed by atoms with Crippen molar-refractivity contribution in [3.05, 3.63) is 0 Å². The van der Waals surface area contributed by atoms with Crippen molar-refractivity contribution in [3.8, 4) is 0 Å². The van der Waals surface area contributed by atoms with Gasteiger partial charge in [-0.15, -0.1) is 0 Å². The molecule has 0 heterocycles. The fourth-order valence-electron chi connectivity index (χ4n) is 0.118. The highest BCUT2D eigenvalue weighted by Gasteiger charge is 1.65. The van der Waals surface area contributed by atoms with Crippen LogP contribution in [0, 0.1) is 0 Å². The quantitative estimate of drug-likeness (QED) is 0.447. The lowest BCUT2D eigenvalue weighted by molar-refractivity contribution is 0.207. The molecule has 0 bridgehead atoms. The van der Waals surface area contributed by atoms with Gasteiger partial charge in [0.05, 0.1) is 6.61 Å². The Morgan fingerprint density at radius 2 is 2.17 bits per heavy atom. The van der Waals surface area contributed by atoms with E-state index in [-0.39, 0.29) is 8.41 Å². The lowest BCUT2D eigenvalue weighted by Gasteiger charge is -1.85. The number of nitrogens with two attached hydrogens (primary N) is 1. The fraction of sp³-hybridized carbons (Fsp3) is 1.00. The van der Waals surface area contributed by atoms with Crippen LogP contribution in [0.2, 0.25) is 0 Å². The van der Waals surface area contributed by atoms with E-state index in [9.17, 15) is 0 Å². The summed E-state index contributed by atoms with van der Waals surface area (Å²) in [4.78, 5) is 0. The van der Waals surface area contributed by atoms with Gasteiger partial charge in [0.15, 0.2) is 0 Å². The maximum Gasteiger partial charge on any atom is 0.0584 e. The van der Waals surface area contributed by atoms with Crippen molar-refractivity contribution in [2.24, 2.45) is 5.73 Å². The lowest BCUT2D eigenvalue weighted by Crippen LogP contribution is -2.05. The summed E-state index contributed by atoms with van der Waals surface area (Å²) in [5, 5.41) is 0. The Bertz CT molecular complexity index is 18.3. The van der Waals surface area contributed by atoms with Crippen LogP contribution in [-0.2, 0) is 4.74 Å². The van der Waals surface area contributed by atoms with Crippen LogP contribution in [0.5, 0.6) is 0 Å². The summed E-state index contributed by atoms with van der Waals surface area (Å²) in [5.74, 6) is 0. The molecule has 3 heteroatoms. The monoisotopic (exact) mass is 86.1 g/mol. The second-order valence-electron chi connectivity index (χ2n) is 0.781. The third-order valence-corrected chi connectivity index (χ3v) is 0.322. The van der Waals surface area contributed by atoms with Gasteiger partial charge in [0, 0.05) is 22.1 Å². The first-order valence-corrected chi connectivity index (χ1v) is 1.61. The van der Waals surface area contributed by atoms with Gasteiger partial charge in [-0.2, -0.15) is 0 Å². The van der Waals surface area contributed by atoms with E-state index in [1.54, 1.807) is 7.11 Å². The number of methoxy groups -OCH3 is 1. The van der Waals surface area contributed by atoms with Crippen molar-refractivity contribution >= 4 is 8.41 Å². The minimum atomic E-state index is 0. The van der Waals surface area contributed by atoms with Crippen molar-refractivity contribution in [1.29, 1.82) is 0 Å². The fourth-order valence-corrected chi connectivity index (χ4v) is 0.118. The molecule has 6 heavy (non-hydrogen) atoms. The van der Waals surface area contributed by atoms with Gasteiger partial charge in [-0.05, 0) is 0 Å². The van der Waals surface area contributed by atoms with Crippen LogP contribution in [0.25, 0.3) is 0 Å². The van der Waals surface area contributed by atoms with Crippen LogP contribution < -0.4 is 5.73 Å². The van der Waals surface area contributed by atoms with Crippen molar-refractivity contribution in [2.45, 2.75) is 0 Å². The molecule has 0 spiro atoms. The van der Waals surface area contributed by atoms with Gasteiger partial charge in [-0.3, -0.25) is 0 Å². The number of ether oxygens (including phenoxy) is 1. The maximum atomic E-state index is 5.01. The summed E-state index contributed by atoms with van der Waals surface area (Å²) >= 11 is 0. The molecule has 0 rings (SSSR count). The Kier molecular flexibility index (Phi) is 13.9. The second kappa shape index (κ2) is 8.88. The van der Waals surface area contributed by atoms with Crippen LogP contribution in [0.15, 0.2) is 0 Å². The Hall–Kier alpha value is -0.0151. The molecule has 0 aliphatic heterocycles. The summed E-state index contributed by atoms with van der Waals surface area (Å²) in [7, 11) is 1.63. The van der Waals surface area contributed by atoms with Crippen LogP contribution in [-0.4, -0.2) is 28.7 Å². The first-order chi connectivity index (χ1) is 2.41. The molecule has 0 saturated heterocycles. The van der Waals surface area contributed by atoms with Gasteiger partial charge in [0.1, 0.15) is 0 Å². The Labute approximate surface area is 40.2 Å². The van der Waals surface area contributed by atoms with E-state index in [0.717, 1.165) is 0 Å². The normalized spacial score (nSPS) is 7.00. The average Bonchev–Trinajstić information content (AvgIpc) is 1.41. The minimum absolute atomic E-state index is 0. The van der Waals surface area contributed by atoms with E-state index in [0.29, 0.717) is 13.2 Å². The summed E-state index contributed by atoms with van der Waals surface area (Å²) in [6.07, 6.45) is 0. The van der Waals surface area contributed by atoms with E-state index >= 15 is 0 Å². The summed E-state index contributed by atoms with van der Waals surface area (Å²) in [6, 6.07) is 0. The molecule has 0 unspecified atom stereocenters. The molecule has 0 amide bonds. The van der Waals surface area contributed by atoms with Crippen molar-refractivity contribution in [3.63, 3.8) is 0 Å². The highest BCUT2D eigenvalue weighted by molar-refractivity contribution is 5.75. The van der Waals surface area contributed by atoms with Gasteiger partial charge in [-0.25, -0.2) is 0 Å². The Balaban J connectivity index is 0. The van der Waals surface area contributed by atoms with E-state index in [1.165, 1.54) is 0 Å². The van der Waals surface area contributed by atoms with E-state index in [2.05, 4.69) is 4.74 Å². The molecular weight excluding hydrogens is 76.9 g/mol. The van der Waals surface area contributed by atoms with Gasteiger partial charge < -0.3 is 10.5 Å². The molecule has 0 aromatic rings. The smallest absolute Gasteiger partial charge is 0.0584 e. The lowest BCUT2D eigenvalue weighted by atomic mass is 10.7. The van der Waals surface area contributed by atoms with Crippen LogP contribution in [0.1, 0.15) is 0 Å². The first-order valence-electron chi connectivity index (χ1n) is 1.61. The predicted octanol–water partition coefficient (Wildman–Crippen LogP) is -0.789. The van der Waals surface area contributed by atoms with Gasteiger partial charge >= 0.3 is 0 Å². The van der Waals surface area contributed by atoms with Crippen molar-refractivity contribution < 1.29 is 4.74 Å². The molecule has 0 saturated carbocycles. The third kappa shape index (κ3) is 9.01. The van der Waals surface area contributed by atoms with E-state index in [4.69, 9.17) is 5.73 Å². The highest BCUT2D eigenvalue weighted by atomic mass is 16.5. The largest absolute Gasteiger partial charge is 0.383 e. The zero-order chi connectivity index (χ0) is 4.12. The SMILES string of the molecule is COCCN.[B]. The number of rotatable bonds is 2. The summed E-state index contributed by atoms with van der Waals surface area (Å²) in [5.41, 5.74) is 5.01. The van der Waals surface area contributed by atoms with E-state index in [1.807, 2.05) is 0 Å². The van der Waals surface area contributed by atoms with Crippen LogP contribution >= 0.6 is 0 Å². The summed E-state index contributed by atoms with van der Waals surface area (Å²) in [6.45, 7) is 1.29. The zero-order valence-corrected chi connectivity index (χ0v) is 3.98. The molecule has 35 valence electrons. The van der Waals surface area contributed by atoms with Gasteiger partial charge in [0.25, 0.3) is 0 Å². The Morgan fingerprint density at radius 1 is 1.67 bits per heavy atom. The topological polar surface area (TPSA) is 35.2 Å². The average molecular weight is 85.9 g/mol. The van der Waals surface area contributed by atoms with E-state index < -0.39 is 0 Å². The zero-order valence-electron chi connectivity index (χ0n) is 3.98. The Morgan fingerprint density at radius 3 is 2.17 bits per heavy atom. The molecule has 0 aromatic carbocycles. The molecule has 0 fully saturated rings. The molecule has 0 aliphatic carbocycles. The van der Waals surface area contributed by atoms with Gasteiger partial charge in [-0.1, -0.05) is 0 Å². The minimum Gasteiger partial charge on any atom is -0.383 e. The van der Waals surface area contributed by atoms with Crippen molar-refractivity contribution in [1.82, 2.24) is 0 Å². The third-order valence-electron chi connectivity index (χ3n) is 0.322. The van der Waals surface area contributed by atoms with Crippen LogP contribution in [0.4, 0.5) is 0 Å². The standard InChI is InChI=1S/C3H9NO.B/c1-5-3-2-4;/h2-4H2,1H3;. The molecule has 3 radical (unpaired) electrons. The second-order valence-corrected chi connectivity index (χ2v) is 0.781. The molecular formula is C3H9BNO. The highest BCUT2D eigenvalue weighted by Crippen LogP contribution is 1.53. The number of hydrogen-bond acceptors (Lipinski definition) is 2. The summed E-state index contributed by atoms with van der Waals surface area (Å²) < 4.78 is 4.57. The first kappa shape index (κ1) is 9.37. The molecule has 2 N–H and O–H groups in total. The number of hydrogen-bond donors (Lipinski definition) is 1. The molecule has 0 atom stereocenters. The predicted molar refractivity (Wildman–Crippen MR) is 26.7 cm³/mol.